The standard InChI is InChI=1S/C14H9ClFNO3S/c15-12-5-2-9(21-12)3-6-13(18)17-11-7-8(16)1-4-10(11)14(19)20/h1-7H,(H,17,18)(H,19,20)/b6-3+. The minimum absolute atomic E-state index is 0.0960. The Hall–Kier alpha value is -2.18. The van der Waals surface area contributed by atoms with Gasteiger partial charge >= 0.3 is 5.97 Å². The highest BCUT2D eigenvalue weighted by molar-refractivity contribution is 7.17. The maximum atomic E-state index is 13.1. The fraction of sp³-hybridized carbons (Fsp3) is 0. The van der Waals surface area contributed by atoms with Crippen molar-refractivity contribution in [1.29, 1.82) is 0 Å². The summed E-state index contributed by atoms with van der Waals surface area (Å²) in [6, 6.07) is 6.50. The van der Waals surface area contributed by atoms with Crippen LogP contribution in [0.3, 0.4) is 0 Å². The molecule has 0 aliphatic heterocycles. The summed E-state index contributed by atoms with van der Waals surface area (Å²) in [6.45, 7) is 0. The lowest BCUT2D eigenvalue weighted by molar-refractivity contribution is -0.111. The van der Waals surface area contributed by atoms with E-state index in [1.165, 1.54) is 23.5 Å². The van der Waals surface area contributed by atoms with Crippen molar-refractivity contribution in [2.24, 2.45) is 0 Å². The van der Waals surface area contributed by atoms with Crippen molar-refractivity contribution >= 4 is 46.6 Å². The number of anilines is 1. The third kappa shape index (κ3) is 4.14. The van der Waals surface area contributed by atoms with Crippen LogP contribution in [0.5, 0.6) is 0 Å². The molecule has 2 rings (SSSR count). The van der Waals surface area contributed by atoms with E-state index in [0.29, 0.717) is 4.34 Å². The normalized spacial score (nSPS) is 10.8. The summed E-state index contributed by atoms with van der Waals surface area (Å²) in [6.07, 6.45) is 2.75. The second-order valence-electron chi connectivity index (χ2n) is 3.96. The number of benzene rings is 1. The van der Waals surface area contributed by atoms with Crippen molar-refractivity contribution in [2.75, 3.05) is 5.32 Å². The number of rotatable bonds is 4. The first-order valence-corrected chi connectivity index (χ1v) is 6.92. The van der Waals surface area contributed by atoms with Gasteiger partial charge in [-0.2, -0.15) is 0 Å². The van der Waals surface area contributed by atoms with Crippen LogP contribution in [0.25, 0.3) is 6.08 Å². The van der Waals surface area contributed by atoms with Gasteiger partial charge in [0.05, 0.1) is 15.6 Å². The fourth-order valence-corrected chi connectivity index (χ4v) is 2.52. The lowest BCUT2D eigenvalue weighted by atomic mass is 10.1. The number of thiophene rings is 1. The van der Waals surface area contributed by atoms with Crippen LogP contribution in [0.4, 0.5) is 10.1 Å². The van der Waals surface area contributed by atoms with Crippen LogP contribution >= 0.6 is 22.9 Å². The molecule has 4 nitrogen and oxygen atoms in total. The molecule has 2 N–H and O–H groups in total. The second-order valence-corrected chi connectivity index (χ2v) is 5.71. The monoisotopic (exact) mass is 325 g/mol. The van der Waals surface area contributed by atoms with Gasteiger partial charge in [0.25, 0.3) is 0 Å². The fourth-order valence-electron chi connectivity index (χ4n) is 1.56. The van der Waals surface area contributed by atoms with Crippen molar-refractivity contribution in [1.82, 2.24) is 0 Å². The molecular weight excluding hydrogens is 317 g/mol. The highest BCUT2D eigenvalue weighted by Crippen LogP contribution is 2.22. The first-order valence-electron chi connectivity index (χ1n) is 5.73. The van der Waals surface area contributed by atoms with Crippen LogP contribution in [0.2, 0.25) is 4.34 Å². The summed E-state index contributed by atoms with van der Waals surface area (Å²) >= 11 is 7.05. The first-order chi connectivity index (χ1) is 9.95. The molecule has 0 saturated carbocycles. The van der Waals surface area contributed by atoms with E-state index in [2.05, 4.69) is 5.32 Å². The number of aromatic carboxylic acids is 1. The Morgan fingerprint density at radius 3 is 2.67 bits per heavy atom. The molecule has 108 valence electrons. The smallest absolute Gasteiger partial charge is 0.337 e. The van der Waals surface area contributed by atoms with Gasteiger partial charge in [0.1, 0.15) is 5.82 Å². The van der Waals surface area contributed by atoms with Crippen LogP contribution in [0.15, 0.2) is 36.4 Å². The van der Waals surface area contributed by atoms with Gasteiger partial charge in [-0.05, 0) is 36.4 Å². The number of carbonyl (C=O) groups is 2. The van der Waals surface area contributed by atoms with Gasteiger partial charge in [0, 0.05) is 11.0 Å². The lowest BCUT2D eigenvalue weighted by Crippen LogP contribution is -2.12. The van der Waals surface area contributed by atoms with Gasteiger partial charge in [-0.3, -0.25) is 4.79 Å². The summed E-state index contributed by atoms with van der Waals surface area (Å²) in [4.78, 5) is 23.5. The zero-order chi connectivity index (χ0) is 15.4. The molecule has 0 radical (unpaired) electrons. The van der Waals surface area contributed by atoms with Crippen molar-refractivity contribution in [3.63, 3.8) is 0 Å². The van der Waals surface area contributed by atoms with Gasteiger partial charge in [0.15, 0.2) is 0 Å². The SMILES string of the molecule is O=C(/C=C/c1ccc(Cl)s1)Nc1cc(F)ccc1C(=O)O. The topological polar surface area (TPSA) is 66.4 Å². The molecule has 0 aliphatic rings. The molecule has 0 saturated heterocycles. The van der Waals surface area contributed by atoms with Crippen LogP contribution in [0, 0.1) is 5.82 Å². The molecule has 0 unspecified atom stereocenters. The van der Waals surface area contributed by atoms with E-state index in [1.807, 2.05) is 0 Å². The zero-order valence-electron chi connectivity index (χ0n) is 10.5. The van der Waals surface area contributed by atoms with Crippen LogP contribution in [0.1, 0.15) is 15.2 Å². The number of hydrogen-bond donors (Lipinski definition) is 2. The van der Waals surface area contributed by atoms with Gasteiger partial charge < -0.3 is 10.4 Å². The number of hydrogen-bond acceptors (Lipinski definition) is 3. The van der Waals surface area contributed by atoms with Gasteiger partial charge in [-0.15, -0.1) is 11.3 Å². The zero-order valence-corrected chi connectivity index (χ0v) is 12.0. The van der Waals surface area contributed by atoms with E-state index in [-0.39, 0.29) is 11.3 Å². The Bertz CT molecular complexity index is 727. The Labute approximate surface area is 128 Å². The molecule has 2 aromatic rings. The van der Waals surface area contributed by atoms with Crippen LogP contribution in [-0.4, -0.2) is 17.0 Å². The third-order valence-electron chi connectivity index (χ3n) is 2.46. The maximum Gasteiger partial charge on any atom is 0.337 e. The molecule has 0 aliphatic carbocycles. The van der Waals surface area contributed by atoms with Crippen LogP contribution in [-0.2, 0) is 4.79 Å². The molecule has 0 spiro atoms. The Balaban J connectivity index is 2.14. The van der Waals surface area contributed by atoms with Crippen molar-refractivity contribution < 1.29 is 19.1 Å². The molecule has 0 bridgehead atoms. The Kier molecular flexibility index (Phi) is 4.72. The van der Waals surface area contributed by atoms with Crippen molar-refractivity contribution in [3.8, 4) is 0 Å². The summed E-state index contributed by atoms with van der Waals surface area (Å²) in [5.74, 6) is -2.45. The molecule has 21 heavy (non-hydrogen) atoms. The lowest BCUT2D eigenvalue weighted by Gasteiger charge is -2.06. The van der Waals surface area contributed by atoms with Crippen molar-refractivity contribution in [3.05, 3.63) is 57.0 Å². The Morgan fingerprint density at radius 2 is 2.05 bits per heavy atom. The van der Waals surface area contributed by atoms with Crippen molar-refractivity contribution in [2.45, 2.75) is 0 Å². The van der Waals surface area contributed by atoms with Gasteiger partial charge in [0.2, 0.25) is 5.91 Å². The highest BCUT2D eigenvalue weighted by atomic mass is 35.5. The largest absolute Gasteiger partial charge is 0.478 e. The minimum Gasteiger partial charge on any atom is -0.478 e. The van der Waals surface area contributed by atoms with Crippen LogP contribution < -0.4 is 5.32 Å². The van der Waals surface area contributed by atoms with Gasteiger partial charge in [-0.1, -0.05) is 11.6 Å². The molecule has 1 heterocycles. The average molecular weight is 326 g/mol. The van der Waals surface area contributed by atoms with E-state index in [4.69, 9.17) is 16.7 Å². The predicted molar refractivity (Wildman–Crippen MR) is 80.4 cm³/mol. The third-order valence-corrected chi connectivity index (χ3v) is 3.66. The number of nitrogens with one attached hydrogen (secondary N) is 1. The van der Waals surface area contributed by atoms with Gasteiger partial charge in [-0.25, -0.2) is 9.18 Å². The summed E-state index contributed by atoms with van der Waals surface area (Å²) < 4.78 is 13.7. The summed E-state index contributed by atoms with van der Waals surface area (Å²) in [7, 11) is 0. The first kappa shape index (κ1) is 15.2. The molecule has 1 aromatic carbocycles. The van der Waals surface area contributed by atoms with E-state index in [1.54, 1.807) is 12.1 Å². The Morgan fingerprint density at radius 1 is 1.29 bits per heavy atom. The molecule has 0 atom stereocenters. The number of carboxylic acid groups (broad SMARTS) is 1. The molecular formula is C14H9ClFNO3S. The minimum atomic E-state index is -1.25. The average Bonchev–Trinajstić information content (AvgIpc) is 2.82. The highest BCUT2D eigenvalue weighted by Gasteiger charge is 2.12. The molecule has 1 amide bonds. The second kappa shape index (κ2) is 6.51. The quantitative estimate of drug-likeness (QED) is 0.838. The van der Waals surface area contributed by atoms with E-state index < -0.39 is 17.7 Å². The number of amides is 1. The van der Waals surface area contributed by atoms with E-state index in [9.17, 15) is 14.0 Å². The number of halogens is 2. The predicted octanol–water partition coefficient (Wildman–Crippen LogP) is 3.89. The maximum absolute atomic E-state index is 13.1. The number of carbonyl (C=O) groups excluding carboxylic acids is 1. The van der Waals surface area contributed by atoms with E-state index >= 15 is 0 Å². The molecule has 1 aromatic heterocycles. The summed E-state index contributed by atoms with van der Waals surface area (Å²) in [5.41, 5.74) is -0.279. The number of carboxylic acids is 1. The molecule has 0 fully saturated rings. The summed E-state index contributed by atoms with van der Waals surface area (Å²) in [5, 5.41) is 11.3. The van der Waals surface area contributed by atoms with E-state index in [0.717, 1.165) is 23.1 Å². The molecule has 7 heteroatoms.